The number of rotatable bonds is 3. The number of nitrogens with zero attached hydrogens (tertiary/aromatic N) is 4. The van der Waals surface area contributed by atoms with E-state index in [1.807, 2.05) is 31.7 Å². The first-order chi connectivity index (χ1) is 9.15. The lowest BCUT2D eigenvalue weighted by molar-refractivity contribution is 0.662. The molecule has 3 aromatic heterocycles. The molecule has 0 aliphatic rings. The zero-order valence-corrected chi connectivity index (χ0v) is 11.6. The van der Waals surface area contributed by atoms with Crippen LogP contribution in [0.3, 0.4) is 0 Å². The fraction of sp³-hybridized carbons (Fsp3) is 0.308. The van der Waals surface area contributed by atoms with E-state index in [9.17, 15) is 4.79 Å². The van der Waals surface area contributed by atoms with Crippen molar-refractivity contribution in [2.24, 2.45) is 7.05 Å². The van der Waals surface area contributed by atoms with Gasteiger partial charge in [0.25, 0.3) is 5.56 Å². The molecule has 0 amide bonds. The molecule has 0 bridgehead atoms. The summed E-state index contributed by atoms with van der Waals surface area (Å²) in [6, 6.07) is 0. The predicted octanol–water partition coefficient (Wildman–Crippen LogP) is 1.74. The van der Waals surface area contributed by atoms with Crippen molar-refractivity contribution in [3.05, 3.63) is 45.6 Å². The van der Waals surface area contributed by atoms with Crippen LogP contribution in [0.15, 0.2) is 28.9 Å². The Bertz CT molecular complexity index is 783. The molecule has 0 radical (unpaired) electrons. The maximum atomic E-state index is 12.3. The minimum atomic E-state index is 0.0481. The number of hydrogen-bond acceptors (Lipinski definition) is 4. The molecule has 0 aliphatic heterocycles. The summed E-state index contributed by atoms with van der Waals surface area (Å²) in [5.74, 6) is 0. The molecular formula is C13H14N4OS. The summed E-state index contributed by atoms with van der Waals surface area (Å²) in [6.45, 7) is 2.61. The summed E-state index contributed by atoms with van der Waals surface area (Å²) < 4.78 is 4.18. The Morgan fingerprint density at radius 2 is 2.26 bits per heavy atom. The van der Waals surface area contributed by atoms with E-state index in [1.54, 1.807) is 15.6 Å². The molecule has 19 heavy (non-hydrogen) atoms. The van der Waals surface area contributed by atoms with E-state index in [1.165, 1.54) is 11.3 Å². The quantitative estimate of drug-likeness (QED) is 0.731. The second kappa shape index (κ2) is 4.62. The molecule has 3 aromatic rings. The molecule has 0 unspecified atom stereocenters. The average molecular weight is 274 g/mol. The van der Waals surface area contributed by atoms with Gasteiger partial charge in [-0.05, 0) is 29.9 Å². The van der Waals surface area contributed by atoms with Gasteiger partial charge in [0.15, 0.2) is 0 Å². The summed E-state index contributed by atoms with van der Waals surface area (Å²) >= 11 is 1.47. The van der Waals surface area contributed by atoms with Gasteiger partial charge in [-0.15, -0.1) is 11.3 Å². The number of thiophene rings is 1. The molecule has 0 fully saturated rings. The molecule has 0 spiro atoms. The maximum absolute atomic E-state index is 12.3. The van der Waals surface area contributed by atoms with E-state index in [-0.39, 0.29) is 5.56 Å². The fourth-order valence-electron chi connectivity index (χ4n) is 2.07. The molecule has 0 atom stereocenters. The molecule has 3 rings (SSSR count). The maximum Gasteiger partial charge on any atom is 0.271 e. The number of aryl methyl sites for hydroxylation is 4. The van der Waals surface area contributed by atoms with Gasteiger partial charge in [-0.25, -0.2) is 4.98 Å². The van der Waals surface area contributed by atoms with Crippen LogP contribution >= 0.6 is 11.3 Å². The van der Waals surface area contributed by atoms with E-state index in [0.29, 0.717) is 6.54 Å². The van der Waals surface area contributed by atoms with Crippen LogP contribution in [0.5, 0.6) is 0 Å². The van der Waals surface area contributed by atoms with Gasteiger partial charge in [0.2, 0.25) is 0 Å². The molecular weight excluding hydrogens is 260 g/mol. The van der Waals surface area contributed by atoms with Crippen LogP contribution in [0.1, 0.15) is 11.1 Å². The third-order valence-electron chi connectivity index (χ3n) is 3.12. The largest absolute Gasteiger partial charge is 0.298 e. The van der Waals surface area contributed by atoms with Crippen molar-refractivity contribution in [3.63, 3.8) is 0 Å². The van der Waals surface area contributed by atoms with Gasteiger partial charge in [0.1, 0.15) is 4.70 Å². The monoisotopic (exact) mass is 274 g/mol. The van der Waals surface area contributed by atoms with Crippen molar-refractivity contribution in [1.29, 1.82) is 0 Å². The molecule has 0 aromatic carbocycles. The standard InChI is InChI=1S/C13H14N4OS/c1-9-7-19-12-11(9)14-8-17(13(12)18)4-3-10-5-15-16(2)6-10/h5-8H,3-4H2,1-2H3. The SMILES string of the molecule is Cc1csc2c(=O)n(CCc3cnn(C)c3)cnc12. The zero-order chi connectivity index (χ0) is 13.4. The highest BCUT2D eigenvalue weighted by atomic mass is 32.1. The summed E-state index contributed by atoms with van der Waals surface area (Å²) in [7, 11) is 1.89. The van der Waals surface area contributed by atoms with Crippen LogP contribution in [-0.2, 0) is 20.0 Å². The molecule has 0 saturated heterocycles. The normalized spacial score (nSPS) is 11.3. The Morgan fingerprint density at radius 1 is 1.42 bits per heavy atom. The average Bonchev–Trinajstić information content (AvgIpc) is 2.96. The molecule has 0 saturated carbocycles. The summed E-state index contributed by atoms with van der Waals surface area (Å²) in [5, 5.41) is 6.10. The molecule has 0 N–H and O–H groups in total. The van der Waals surface area contributed by atoms with Crippen LogP contribution in [0, 0.1) is 6.92 Å². The second-order valence-electron chi connectivity index (χ2n) is 4.61. The lowest BCUT2D eigenvalue weighted by Crippen LogP contribution is -2.20. The van der Waals surface area contributed by atoms with E-state index < -0.39 is 0 Å². The molecule has 6 heteroatoms. The molecule has 5 nitrogen and oxygen atoms in total. The van der Waals surface area contributed by atoms with Crippen molar-refractivity contribution in [2.75, 3.05) is 0 Å². The first-order valence-corrected chi connectivity index (χ1v) is 6.94. The smallest absolute Gasteiger partial charge is 0.271 e. The Kier molecular flexibility index (Phi) is 2.94. The van der Waals surface area contributed by atoms with Crippen molar-refractivity contribution >= 4 is 21.6 Å². The minimum Gasteiger partial charge on any atom is -0.298 e. The van der Waals surface area contributed by atoms with Gasteiger partial charge in [0.05, 0.1) is 18.0 Å². The Hall–Kier alpha value is -1.95. The van der Waals surface area contributed by atoms with Crippen LogP contribution in [-0.4, -0.2) is 19.3 Å². The second-order valence-corrected chi connectivity index (χ2v) is 5.49. The van der Waals surface area contributed by atoms with E-state index in [4.69, 9.17) is 0 Å². The molecule has 0 aliphatic carbocycles. The summed E-state index contributed by atoms with van der Waals surface area (Å²) in [6.07, 6.45) is 6.21. The summed E-state index contributed by atoms with van der Waals surface area (Å²) in [4.78, 5) is 16.7. The highest BCUT2D eigenvalue weighted by Gasteiger charge is 2.08. The van der Waals surface area contributed by atoms with Gasteiger partial charge in [-0.3, -0.25) is 14.0 Å². The Morgan fingerprint density at radius 3 is 3.00 bits per heavy atom. The van der Waals surface area contributed by atoms with Gasteiger partial charge >= 0.3 is 0 Å². The summed E-state index contributed by atoms with van der Waals surface area (Å²) in [5.41, 5.74) is 3.06. The van der Waals surface area contributed by atoms with Gasteiger partial charge in [0, 0.05) is 19.8 Å². The highest BCUT2D eigenvalue weighted by Crippen LogP contribution is 2.19. The van der Waals surface area contributed by atoms with E-state index in [2.05, 4.69) is 10.1 Å². The highest BCUT2D eigenvalue weighted by molar-refractivity contribution is 7.17. The fourth-order valence-corrected chi connectivity index (χ4v) is 3.02. The van der Waals surface area contributed by atoms with Crippen LogP contribution in [0.25, 0.3) is 10.2 Å². The molecule has 98 valence electrons. The topological polar surface area (TPSA) is 52.7 Å². The Labute approximate surface area is 114 Å². The van der Waals surface area contributed by atoms with E-state index in [0.717, 1.165) is 27.8 Å². The van der Waals surface area contributed by atoms with Crippen molar-refractivity contribution < 1.29 is 0 Å². The van der Waals surface area contributed by atoms with Crippen LogP contribution in [0.2, 0.25) is 0 Å². The third-order valence-corrected chi connectivity index (χ3v) is 4.20. The van der Waals surface area contributed by atoms with Crippen molar-refractivity contribution in [3.8, 4) is 0 Å². The minimum absolute atomic E-state index is 0.0481. The van der Waals surface area contributed by atoms with Crippen LogP contribution in [0.4, 0.5) is 0 Å². The molecule has 3 heterocycles. The van der Waals surface area contributed by atoms with Crippen molar-refractivity contribution in [2.45, 2.75) is 19.9 Å². The predicted molar refractivity (Wildman–Crippen MR) is 75.5 cm³/mol. The first kappa shape index (κ1) is 12.1. The zero-order valence-electron chi connectivity index (χ0n) is 10.8. The number of fused-ring (bicyclic) bond motifs is 1. The van der Waals surface area contributed by atoms with E-state index >= 15 is 0 Å². The lowest BCUT2D eigenvalue weighted by Gasteiger charge is -2.03. The third kappa shape index (κ3) is 2.19. The first-order valence-electron chi connectivity index (χ1n) is 6.06. The number of hydrogen-bond donors (Lipinski definition) is 0. The Balaban J connectivity index is 1.89. The number of aromatic nitrogens is 4. The lowest BCUT2D eigenvalue weighted by atomic mass is 10.2. The van der Waals surface area contributed by atoms with Crippen molar-refractivity contribution in [1.82, 2.24) is 19.3 Å². The van der Waals surface area contributed by atoms with Gasteiger partial charge in [-0.1, -0.05) is 0 Å². The van der Waals surface area contributed by atoms with Gasteiger partial charge < -0.3 is 0 Å². The van der Waals surface area contributed by atoms with Gasteiger partial charge in [-0.2, -0.15) is 5.10 Å². The van der Waals surface area contributed by atoms with Crippen LogP contribution < -0.4 is 5.56 Å².